The van der Waals surface area contributed by atoms with E-state index in [1.807, 2.05) is 0 Å². The Morgan fingerprint density at radius 3 is 2.86 bits per heavy atom. The lowest BCUT2D eigenvalue weighted by atomic mass is 10.1. The molecule has 1 aromatic rings. The summed E-state index contributed by atoms with van der Waals surface area (Å²) in [6.45, 7) is 0. The van der Waals surface area contributed by atoms with Crippen LogP contribution in [0.1, 0.15) is 10.4 Å². The minimum Gasteiger partial charge on any atom is -0.383 e. The molecule has 1 aromatic carbocycles. The van der Waals surface area contributed by atoms with E-state index in [1.54, 1.807) is 25.2 Å². The van der Waals surface area contributed by atoms with Gasteiger partial charge in [0.15, 0.2) is 5.78 Å². The number of carbonyl (C=O) groups is 1. The maximum absolute atomic E-state index is 13.1. The van der Waals surface area contributed by atoms with E-state index in [1.165, 1.54) is 24.3 Å². The van der Waals surface area contributed by atoms with Gasteiger partial charge in [0.1, 0.15) is 5.82 Å². The molecule has 0 spiro atoms. The molecule has 0 saturated carbocycles. The fourth-order valence-corrected chi connectivity index (χ4v) is 0.905. The number of allylic oxidation sites excluding steroid dienone is 1. The van der Waals surface area contributed by atoms with Crippen molar-refractivity contribution in [2.45, 2.75) is 0 Å². The molecule has 0 fully saturated rings. The summed E-state index contributed by atoms with van der Waals surface area (Å²) in [6.07, 6.45) is 2.89. The second-order valence-corrected chi connectivity index (χ2v) is 3.04. The number of hydrogen-bond donors (Lipinski definition) is 0. The fourth-order valence-electron chi connectivity index (χ4n) is 0.905. The quantitative estimate of drug-likeness (QED) is 0.538. The van der Waals surface area contributed by atoms with Gasteiger partial charge >= 0.3 is 0 Å². The van der Waals surface area contributed by atoms with Crippen molar-refractivity contribution in [3.63, 3.8) is 0 Å². The number of carbonyl (C=O) groups excluding carboxylic acids is 1. The topological polar surface area (TPSA) is 20.3 Å². The molecule has 0 aliphatic carbocycles. The first-order chi connectivity index (χ1) is 6.61. The average molecular weight is 192 g/mol. The highest BCUT2D eigenvalue weighted by molar-refractivity contribution is 6.04. The van der Waals surface area contributed by atoms with E-state index in [0.29, 0.717) is 0 Å². The monoisotopic (exact) mass is 192 g/mol. The third-order valence-electron chi connectivity index (χ3n) is 1.58. The number of halogens is 1. The molecule has 14 heavy (non-hydrogen) atoms. The molecule has 0 heterocycles. The molecule has 2 nitrogen and oxygen atoms in total. The lowest BCUT2D eigenvalue weighted by Crippen LogP contribution is -2.04. The van der Waals surface area contributed by atoms with E-state index in [-0.39, 0.29) is 11.3 Å². The molecule has 0 aliphatic heterocycles. The van der Waals surface area contributed by atoms with Crippen LogP contribution in [0.15, 0.2) is 30.5 Å². The molecular weight excluding hydrogens is 181 g/mol. The first-order valence-corrected chi connectivity index (χ1v) is 4.16. The highest BCUT2D eigenvalue weighted by Gasteiger charge is 2.07. The molecule has 0 aromatic heterocycles. The van der Waals surface area contributed by atoms with E-state index >= 15 is 0 Å². The van der Waals surface area contributed by atoms with E-state index in [4.69, 9.17) is 0 Å². The summed E-state index contributed by atoms with van der Waals surface area (Å²) in [4.78, 5) is 13.1. The van der Waals surface area contributed by atoms with Crippen LogP contribution in [0.25, 0.3) is 0 Å². The molecule has 1 radical (unpaired) electrons. The lowest BCUT2D eigenvalue weighted by Gasteiger charge is -2.02. The maximum atomic E-state index is 13.1. The second kappa shape index (κ2) is 4.56. The zero-order valence-electron chi connectivity index (χ0n) is 8.12. The molecule has 0 amide bonds. The first kappa shape index (κ1) is 10.4. The summed E-state index contributed by atoms with van der Waals surface area (Å²) < 4.78 is 13.1. The standard InChI is InChI=1S/C11H11FNO/c1-13(2)8-7-11(14)9-5-3-4-6-10(9)12/h3-4,6-8H,1-2H3/b8-7+. The first-order valence-electron chi connectivity index (χ1n) is 4.16. The van der Waals surface area contributed by atoms with Crippen LogP contribution >= 0.6 is 0 Å². The van der Waals surface area contributed by atoms with Gasteiger partial charge in [-0.2, -0.15) is 0 Å². The normalized spacial score (nSPS) is 10.5. The Hall–Kier alpha value is -1.64. The Kier molecular flexibility index (Phi) is 3.40. The molecule has 0 N–H and O–H groups in total. The number of ketones is 1. The summed E-state index contributed by atoms with van der Waals surface area (Å²) in [7, 11) is 3.57. The van der Waals surface area contributed by atoms with Gasteiger partial charge in [0.25, 0.3) is 0 Å². The molecule has 0 bridgehead atoms. The van der Waals surface area contributed by atoms with Crippen LogP contribution in [0.3, 0.4) is 0 Å². The van der Waals surface area contributed by atoms with E-state index in [0.717, 1.165) is 0 Å². The minimum atomic E-state index is -0.541. The molecule has 0 unspecified atom stereocenters. The van der Waals surface area contributed by atoms with E-state index < -0.39 is 5.82 Å². The van der Waals surface area contributed by atoms with Crippen LogP contribution in [0.5, 0.6) is 0 Å². The number of hydrogen-bond acceptors (Lipinski definition) is 2. The Morgan fingerprint density at radius 2 is 2.29 bits per heavy atom. The van der Waals surface area contributed by atoms with Crippen molar-refractivity contribution >= 4 is 5.78 Å². The van der Waals surface area contributed by atoms with Crippen LogP contribution in [0.2, 0.25) is 0 Å². The summed E-state index contributed by atoms with van der Waals surface area (Å²) in [5.74, 6) is -0.919. The van der Waals surface area contributed by atoms with Crippen LogP contribution in [-0.4, -0.2) is 24.8 Å². The van der Waals surface area contributed by atoms with Crippen molar-refractivity contribution in [3.8, 4) is 0 Å². The Labute approximate surface area is 82.7 Å². The second-order valence-electron chi connectivity index (χ2n) is 3.04. The molecule has 0 saturated heterocycles. The molecule has 73 valence electrons. The molecule has 1 rings (SSSR count). The Morgan fingerprint density at radius 1 is 1.57 bits per heavy atom. The van der Waals surface area contributed by atoms with Crippen molar-refractivity contribution in [1.29, 1.82) is 0 Å². The van der Waals surface area contributed by atoms with Crippen molar-refractivity contribution < 1.29 is 9.18 Å². The summed E-state index contributed by atoms with van der Waals surface area (Å²) in [5, 5.41) is 0. The Balaban J connectivity index is 2.85. The van der Waals surface area contributed by atoms with Crippen molar-refractivity contribution in [2.75, 3.05) is 14.1 Å². The minimum absolute atomic E-state index is 0.0226. The predicted octanol–water partition coefficient (Wildman–Crippen LogP) is 1.88. The van der Waals surface area contributed by atoms with Crippen molar-refractivity contribution in [1.82, 2.24) is 4.90 Å². The van der Waals surface area contributed by atoms with Crippen molar-refractivity contribution in [2.24, 2.45) is 0 Å². The van der Waals surface area contributed by atoms with Gasteiger partial charge in [-0.05, 0) is 12.1 Å². The summed E-state index contributed by atoms with van der Waals surface area (Å²) >= 11 is 0. The third-order valence-corrected chi connectivity index (χ3v) is 1.58. The maximum Gasteiger partial charge on any atom is 0.190 e. The smallest absolute Gasteiger partial charge is 0.190 e. The number of benzene rings is 1. The zero-order chi connectivity index (χ0) is 10.6. The SMILES string of the molecule is CN(C)/C=C/C(=O)c1[c]cccc1F. The highest BCUT2D eigenvalue weighted by Crippen LogP contribution is 2.06. The van der Waals surface area contributed by atoms with E-state index in [9.17, 15) is 9.18 Å². The van der Waals surface area contributed by atoms with Crippen LogP contribution in [-0.2, 0) is 0 Å². The summed E-state index contributed by atoms with van der Waals surface area (Å²) in [5.41, 5.74) is -0.0226. The van der Waals surface area contributed by atoms with Gasteiger partial charge < -0.3 is 4.90 Å². The van der Waals surface area contributed by atoms with Gasteiger partial charge in [-0.25, -0.2) is 4.39 Å². The molecule has 3 heteroatoms. The number of nitrogens with zero attached hydrogens (tertiary/aromatic N) is 1. The number of rotatable bonds is 3. The van der Waals surface area contributed by atoms with Gasteiger partial charge in [-0.1, -0.05) is 12.1 Å². The third kappa shape index (κ3) is 2.69. The van der Waals surface area contributed by atoms with Gasteiger partial charge in [0.2, 0.25) is 0 Å². The molecule has 0 atom stereocenters. The van der Waals surface area contributed by atoms with Gasteiger partial charge in [-0.15, -0.1) is 0 Å². The zero-order valence-corrected chi connectivity index (χ0v) is 8.12. The summed E-state index contributed by atoms with van der Waals surface area (Å²) in [6, 6.07) is 6.82. The highest BCUT2D eigenvalue weighted by atomic mass is 19.1. The van der Waals surface area contributed by atoms with Crippen LogP contribution in [0, 0.1) is 11.9 Å². The largest absolute Gasteiger partial charge is 0.383 e. The van der Waals surface area contributed by atoms with Crippen LogP contribution in [0.4, 0.5) is 4.39 Å². The van der Waals surface area contributed by atoms with Crippen molar-refractivity contribution in [3.05, 3.63) is 47.9 Å². The van der Waals surface area contributed by atoms with Crippen LogP contribution < -0.4 is 0 Å². The van der Waals surface area contributed by atoms with Gasteiger partial charge in [0, 0.05) is 26.4 Å². The van der Waals surface area contributed by atoms with Gasteiger partial charge in [-0.3, -0.25) is 4.79 Å². The van der Waals surface area contributed by atoms with E-state index in [2.05, 4.69) is 6.07 Å². The lowest BCUT2D eigenvalue weighted by molar-refractivity contribution is 0.104. The Bertz CT molecular complexity index is 358. The molecule has 0 aliphatic rings. The fraction of sp³-hybridized carbons (Fsp3) is 0.182. The van der Waals surface area contributed by atoms with Gasteiger partial charge in [0.05, 0.1) is 5.56 Å². The molecular formula is C11H11FNO. The average Bonchev–Trinajstić information content (AvgIpc) is 2.15. The predicted molar refractivity (Wildman–Crippen MR) is 52.4 cm³/mol.